The molecule has 36 heavy (non-hydrogen) atoms. The molecule has 0 saturated heterocycles. The fourth-order valence-electron chi connectivity index (χ4n) is 3.45. The Labute approximate surface area is 207 Å². The molecule has 0 aliphatic heterocycles. The first-order chi connectivity index (χ1) is 17.5. The summed E-state index contributed by atoms with van der Waals surface area (Å²) in [4.78, 5) is 14.9. The summed E-state index contributed by atoms with van der Waals surface area (Å²) in [5.41, 5.74) is 3.52. The highest BCUT2D eigenvalue weighted by molar-refractivity contribution is 7.07. The third-order valence-corrected chi connectivity index (χ3v) is 6.01. The maximum atomic E-state index is 14.3. The lowest BCUT2D eigenvalue weighted by atomic mass is 10.0. The van der Waals surface area contributed by atoms with E-state index in [1.807, 2.05) is 54.6 Å². The van der Waals surface area contributed by atoms with Gasteiger partial charge in [0.25, 0.3) is 0 Å². The third-order valence-electron chi connectivity index (χ3n) is 5.19. The monoisotopic (exact) mass is 502 g/mol. The van der Waals surface area contributed by atoms with E-state index in [2.05, 4.69) is 10.1 Å². The summed E-state index contributed by atoms with van der Waals surface area (Å²) in [5.74, 6) is -1.78. The van der Waals surface area contributed by atoms with Gasteiger partial charge in [0.1, 0.15) is 16.4 Å². The van der Waals surface area contributed by atoms with Gasteiger partial charge in [0, 0.05) is 17.0 Å². The van der Waals surface area contributed by atoms with E-state index in [0.29, 0.717) is 10.5 Å². The number of nitro groups is 1. The van der Waals surface area contributed by atoms with Crippen molar-refractivity contribution >= 4 is 29.1 Å². The third kappa shape index (κ3) is 4.89. The second-order valence-electron chi connectivity index (χ2n) is 7.54. The summed E-state index contributed by atoms with van der Waals surface area (Å²) in [6.07, 6.45) is 1.31. The lowest BCUT2D eigenvalue weighted by Gasteiger charge is -2.06. The van der Waals surface area contributed by atoms with Crippen molar-refractivity contribution in [2.45, 2.75) is 0 Å². The smallest absolute Gasteiger partial charge is 0.400 e. The predicted octanol–water partition coefficient (Wildman–Crippen LogP) is 6.78. The maximum absolute atomic E-state index is 14.3. The Morgan fingerprint density at radius 1 is 0.917 bits per heavy atom. The van der Waals surface area contributed by atoms with Crippen molar-refractivity contribution in [3.63, 3.8) is 0 Å². The van der Waals surface area contributed by atoms with Crippen LogP contribution in [0.25, 0.3) is 22.4 Å². The van der Waals surface area contributed by atoms with Gasteiger partial charge in [-0.15, -0.1) is 11.3 Å². The minimum absolute atomic E-state index is 0.0539. The van der Waals surface area contributed by atoms with Crippen LogP contribution in [0, 0.1) is 21.7 Å². The van der Waals surface area contributed by atoms with Gasteiger partial charge in [-0.1, -0.05) is 54.6 Å². The molecular formula is C26H16F2N4O3S. The zero-order chi connectivity index (χ0) is 25.1. The van der Waals surface area contributed by atoms with Gasteiger partial charge in [0.2, 0.25) is 4.80 Å². The number of thiazole rings is 1. The molecule has 0 amide bonds. The number of halogens is 2. The van der Waals surface area contributed by atoms with Crippen LogP contribution in [-0.4, -0.2) is 15.8 Å². The zero-order valence-electron chi connectivity index (χ0n) is 18.4. The highest BCUT2D eigenvalue weighted by atomic mass is 32.1. The van der Waals surface area contributed by atoms with E-state index in [4.69, 9.17) is 4.42 Å². The number of nitrogens with zero attached hydrogens (tertiary/aromatic N) is 4. The predicted molar refractivity (Wildman–Crippen MR) is 133 cm³/mol. The van der Waals surface area contributed by atoms with Gasteiger partial charge >= 0.3 is 5.88 Å². The molecule has 0 saturated carbocycles. The van der Waals surface area contributed by atoms with E-state index in [0.717, 1.165) is 28.8 Å². The lowest BCUT2D eigenvalue weighted by Crippen LogP contribution is -2.11. The van der Waals surface area contributed by atoms with Crippen molar-refractivity contribution in [3.8, 4) is 22.4 Å². The number of benzene rings is 3. The van der Waals surface area contributed by atoms with Crippen LogP contribution in [0.15, 0.2) is 105 Å². The van der Waals surface area contributed by atoms with Gasteiger partial charge in [-0.25, -0.2) is 18.4 Å². The lowest BCUT2D eigenvalue weighted by molar-refractivity contribution is -0.402. The van der Waals surface area contributed by atoms with E-state index >= 15 is 0 Å². The molecule has 0 unspecified atom stereocenters. The molecule has 2 aromatic heterocycles. The molecule has 0 fully saturated rings. The summed E-state index contributed by atoms with van der Waals surface area (Å²) < 4.78 is 34.2. The molecule has 0 aliphatic rings. The van der Waals surface area contributed by atoms with Gasteiger partial charge in [-0.05, 0) is 29.3 Å². The number of hydrogen-bond acceptors (Lipinski definition) is 6. The SMILES string of the molecule is O=[N+]([O-])c1ccc(C=Nn2c(-c3ccc(-c4ccccc4)cc3)csc2=Nc2ccc(F)cc2F)o1. The van der Waals surface area contributed by atoms with E-state index < -0.39 is 22.4 Å². The quantitative estimate of drug-likeness (QED) is 0.146. The molecule has 0 bridgehead atoms. The van der Waals surface area contributed by atoms with Crippen LogP contribution in [0.1, 0.15) is 5.76 Å². The molecule has 2 heterocycles. The number of hydrogen-bond donors (Lipinski definition) is 0. The van der Waals surface area contributed by atoms with E-state index in [1.54, 1.807) is 5.38 Å². The molecular weight excluding hydrogens is 486 g/mol. The molecule has 0 radical (unpaired) electrons. The molecule has 10 heteroatoms. The summed E-state index contributed by atoms with van der Waals surface area (Å²) in [7, 11) is 0. The van der Waals surface area contributed by atoms with Crippen LogP contribution in [0.5, 0.6) is 0 Å². The van der Waals surface area contributed by atoms with Crippen LogP contribution >= 0.6 is 11.3 Å². The number of furan rings is 1. The van der Waals surface area contributed by atoms with E-state index in [1.165, 1.54) is 40.4 Å². The van der Waals surface area contributed by atoms with Crippen LogP contribution in [-0.2, 0) is 0 Å². The van der Waals surface area contributed by atoms with Crippen LogP contribution in [0.4, 0.5) is 20.4 Å². The molecule has 0 spiro atoms. The Morgan fingerprint density at radius 3 is 2.33 bits per heavy atom. The van der Waals surface area contributed by atoms with Crippen LogP contribution < -0.4 is 4.80 Å². The minimum atomic E-state index is -0.811. The first kappa shape index (κ1) is 23.1. The summed E-state index contributed by atoms with van der Waals surface area (Å²) in [5, 5.41) is 17.1. The Hall–Kier alpha value is -4.70. The molecule has 3 aromatic carbocycles. The van der Waals surface area contributed by atoms with Gasteiger partial charge in [-0.2, -0.15) is 5.10 Å². The fourth-order valence-corrected chi connectivity index (χ4v) is 4.30. The number of aromatic nitrogens is 1. The summed E-state index contributed by atoms with van der Waals surface area (Å²) in [6, 6.07) is 23.5. The van der Waals surface area contributed by atoms with Crippen molar-refractivity contribution in [1.82, 2.24) is 4.68 Å². The standard InChI is InChI=1S/C26H16F2N4O3S/c27-20-10-12-23(22(28)14-20)30-26-31(29-15-21-11-13-25(35-21)32(33)34)24(16-36-26)19-8-6-18(7-9-19)17-4-2-1-3-5-17/h1-16H. The molecule has 178 valence electrons. The van der Waals surface area contributed by atoms with E-state index in [9.17, 15) is 18.9 Å². The molecule has 5 rings (SSSR count). The average molecular weight is 503 g/mol. The van der Waals surface area contributed by atoms with Crippen molar-refractivity contribution in [2.75, 3.05) is 0 Å². The Bertz CT molecular complexity index is 1640. The average Bonchev–Trinajstić information content (AvgIpc) is 3.52. The largest absolute Gasteiger partial charge is 0.433 e. The van der Waals surface area contributed by atoms with Crippen molar-refractivity contribution in [1.29, 1.82) is 0 Å². The van der Waals surface area contributed by atoms with Crippen molar-refractivity contribution in [2.24, 2.45) is 10.1 Å². The van der Waals surface area contributed by atoms with Crippen LogP contribution in [0.2, 0.25) is 0 Å². The molecule has 5 aromatic rings. The fraction of sp³-hybridized carbons (Fsp3) is 0. The van der Waals surface area contributed by atoms with E-state index in [-0.39, 0.29) is 11.4 Å². The first-order valence-electron chi connectivity index (χ1n) is 10.6. The minimum Gasteiger partial charge on any atom is -0.400 e. The molecule has 0 aliphatic carbocycles. The Balaban J connectivity index is 1.59. The summed E-state index contributed by atoms with van der Waals surface area (Å²) >= 11 is 1.21. The van der Waals surface area contributed by atoms with Crippen molar-refractivity contribution in [3.05, 3.63) is 123 Å². The Kier molecular flexibility index (Phi) is 6.33. The van der Waals surface area contributed by atoms with Gasteiger partial charge < -0.3 is 4.42 Å². The highest BCUT2D eigenvalue weighted by Gasteiger charge is 2.12. The molecule has 0 atom stereocenters. The Morgan fingerprint density at radius 2 is 1.64 bits per heavy atom. The van der Waals surface area contributed by atoms with Crippen molar-refractivity contribution < 1.29 is 18.1 Å². The van der Waals surface area contributed by atoms with Gasteiger partial charge in [0.05, 0.1) is 18.0 Å². The highest BCUT2D eigenvalue weighted by Crippen LogP contribution is 2.26. The topological polar surface area (TPSA) is 85.9 Å². The zero-order valence-corrected chi connectivity index (χ0v) is 19.2. The second kappa shape index (κ2) is 9.88. The second-order valence-corrected chi connectivity index (χ2v) is 8.38. The first-order valence-corrected chi connectivity index (χ1v) is 11.5. The van der Waals surface area contributed by atoms with Gasteiger partial charge in [-0.3, -0.25) is 10.1 Å². The maximum Gasteiger partial charge on any atom is 0.433 e. The van der Waals surface area contributed by atoms with Gasteiger partial charge in [0.15, 0.2) is 11.6 Å². The molecule has 0 N–H and O–H groups in total. The van der Waals surface area contributed by atoms with Crippen LogP contribution in [0.3, 0.4) is 0 Å². The normalized spacial score (nSPS) is 11.9. The summed E-state index contributed by atoms with van der Waals surface area (Å²) in [6.45, 7) is 0. The number of rotatable bonds is 6. The molecule has 7 nitrogen and oxygen atoms in total.